The average Bonchev–Trinajstić information content (AvgIpc) is 3.53. The van der Waals surface area contributed by atoms with Gasteiger partial charge in [-0.2, -0.15) is 0 Å². The number of rotatable bonds is 6. The summed E-state index contributed by atoms with van der Waals surface area (Å²) >= 11 is 1.43. The second-order valence-corrected chi connectivity index (χ2v) is 10.7. The average molecular weight is 552 g/mol. The zero-order valence-corrected chi connectivity index (χ0v) is 23.0. The van der Waals surface area contributed by atoms with Gasteiger partial charge in [0.05, 0.1) is 29.2 Å². The van der Waals surface area contributed by atoms with Gasteiger partial charge in [0.25, 0.3) is 11.5 Å². The Balaban J connectivity index is 1.42. The summed E-state index contributed by atoms with van der Waals surface area (Å²) in [6.45, 7) is 4.21. The third-order valence-corrected chi connectivity index (χ3v) is 8.25. The van der Waals surface area contributed by atoms with Gasteiger partial charge in [0.15, 0.2) is 0 Å². The van der Waals surface area contributed by atoms with Crippen LogP contribution in [0.3, 0.4) is 0 Å². The molecule has 202 valence electrons. The SMILES string of the molecule is CCOC(=O)c1c(N2CCN(C(=O)c3cccs3)CC2)c2ccccc2n(Cc2ccc3ccccc3c2)c1=O. The molecule has 3 aromatic carbocycles. The molecule has 0 N–H and O–H groups in total. The topological polar surface area (TPSA) is 71.8 Å². The number of fused-ring (bicyclic) bond motifs is 2. The summed E-state index contributed by atoms with van der Waals surface area (Å²) in [5.41, 5.74) is 1.96. The van der Waals surface area contributed by atoms with Gasteiger partial charge in [-0.1, -0.05) is 60.7 Å². The van der Waals surface area contributed by atoms with Gasteiger partial charge in [-0.25, -0.2) is 4.79 Å². The van der Waals surface area contributed by atoms with Crippen molar-refractivity contribution in [3.8, 4) is 0 Å². The predicted molar refractivity (Wildman–Crippen MR) is 160 cm³/mol. The molecular weight excluding hydrogens is 522 g/mol. The zero-order valence-electron chi connectivity index (χ0n) is 22.2. The van der Waals surface area contributed by atoms with Gasteiger partial charge in [-0.3, -0.25) is 9.59 Å². The Bertz CT molecular complexity index is 1770. The summed E-state index contributed by atoms with van der Waals surface area (Å²) in [5.74, 6) is -0.617. The van der Waals surface area contributed by atoms with E-state index in [-0.39, 0.29) is 23.6 Å². The normalized spacial score (nSPS) is 13.6. The lowest BCUT2D eigenvalue weighted by Gasteiger charge is -2.37. The Hall–Kier alpha value is -4.43. The van der Waals surface area contributed by atoms with Crippen molar-refractivity contribution in [3.63, 3.8) is 0 Å². The van der Waals surface area contributed by atoms with E-state index in [1.54, 1.807) is 11.5 Å². The number of benzene rings is 3. The molecule has 1 saturated heterocycles. The molecule has 7 nitrogen and oxygen atoms in total. The summed E-state index contributed by atoms with van der Waals surface area (Å²) < 4.78 is 7.09. The summed E-state index contributed by atoms with van der Waals surface area (Å²) in [7, 11) is 0. The molecule has 0 spiro atoms. The molecule has 3 heterocycles. The molecule has 0 atom stereocenters. The number of nitrogens with zero attached hydrogens (tertiary/aromatic N) is 3. The molecule has 0 unspecified atom stereocenters. The first kappa shape index (κ1) is 25.8. The fraction of sp³-hybridized carbons (Fsp3) is 0.219. The Morgan fingerprint density at radius 2 is 1.62 bits per heavy atom. The number of para-hydroxylation sites is 1. The molecule has 6 rings (SSSR count). The third kappa shape index (κ3) is 4.75. The maximum atomic E-state index is 14.1. The summed E-state index contributed by atoms with van der Waals surface area (Å²) in [5, 5.41) is 4.93. The van der Waals surface area contributed by atoms with Crippen LogP contribution in [0.25, 0.3) is 21.7 Å². The number of esters is 1. The first-order valence-corrected chi connectivity index (χ1v) is 14.3. The molecule has 0 bridgehead atoms. The van der Waals surface area contributed by atoms with E-state index >= 15 is 0 Å². The minimum Gasteiger partial charge on any atom is -0.462 e. The number of carbonyl (C=O) groups excluding carboxylic acids is 2. The number of aromatic nitrogens is 1. The van der Waals surface area contributed by atoms with E-state index in [2.05, 4.69) is 29.2 Å². The van der Waals surface area contributed by atoms with E-state index in [0.29, 0.717) is 43.3 Å². The second kappa shape index (κ2) is 11.0. The van der Waals surface area contributed by atoms with Gasteiger partial charge in [0.1, 0.15) is 5.56 Å². The predicted octanol–water partition coefficient (Wildman–Crippen LogP) is 5.40. The lowest BCUT2D eigenvalue weighted by atomic mass is 10.0. The zero-order chi connectivity index (χ0) is 27.6. The maximum Gasteiger partial charge on any atom is 0.345 e. The number of piperazine rings is 1. The van der Waals surface area contributed by atoms with Crippen LogP contribution >= 0.6 is 11.3 Å². The van der Waals surface area contributed by atoms with Gasteiger partial charge in [0.2, 0.25) is 0 Å². The van der Waals surface area contributed by atoms with Gasteiger partial charge >= 0.3 is 5.97 Å². The first-order chi connectivity index (χ1) is 19.5. The van der Waals surface area contributed by atoms with Crippen LogP contribution in [0.2, 0.25) is 0 Å². The van der Waals surface area contributed by atoms with Gasteiger partial charge < -0.3 is 19.1 Å². The minimum absolute atomic E-state index is 0.0101. The highest BCUT2D eigenvalue weighted by Gasteiger charge is 2.30. The van der Waals surface area contributed by atoms with E-state index < -0.39 is 5.97 Å². The van der Waals surface area contributed by atoms with Crippen molar-refractivity contribution in [3.05, 3.63) is 111 Å². The number of carbonyl (C=O) groups is 2. The van der Waals surface area contributed by atoms with Crippen molar-refractivity contribution in [1.82, 2.24) is 9.47 Å². The van der Waals surface area contributed by atoms with Crippen LogP contribution in [0.15, 0.2) is 89.0 Å². The lowest BCUT2D eigenvalue weighted by molar-refractivity contribution is 0.0523. The highest BCUT2D eigenvalue weighted by atomic mass is 32.1. The molecule has 1 aliphatic heterocycles. The smallest absolute Gasteiger partial charge is 0.345 e. The van der Waals surface area contributed by atoms with Gasteiger partial charge in [-0.05, 0) is 46.8 Å². The van der Waals surface area contributed by atoms with Crippen LogP contribution in [0.4, 0.5) is 5.69 Å². The summed E-state index contributed by atoms with van der Waals surface area (Å²) in [4.78, 5) is 45.0. The standard InChI is InChI=1S/C32H29N3O4S/c1-2-39-32(38)28-29(33-15-17-34(18-16-33)30(36)27-12-7-19-40-27)25-10-5-6-11-26(25)35(31(28)37)21-22-13-14-23-8-3-4-9-24(23)20-22/h3-14,19-20H,2,15-18,21H2,1H3. The molecule has 40 heavy (non-hydrogen) atoms. The van der Waals surface area contributed by atoms with E-state index in [4.69, 9.17) is 4.74 Å². The number of pyridine rings is 1. The lowest BCUT2D eigenvalue weighted by Crippen LogP contribution is -2.49. The number of hydrogen-bond donors (Lipinski definition) is 0. The Kier molecular flexibility index (Phi) is 7.09. The molecule has 5 aromatic rings. The van der Waals surface area contributed by atoms with Crippen molar-refractivity contribution in [2.45, 2.75) is 13.5 Å². The highest BCUT2D eigenvalue weighted by molar-refractivity contribution is 7.12. The van der Waals surface area contributed by atoms with E-state index in [1.807, 2.05) is 64.9 Å². The molecule has 1 amide bonds. The third-order valence-electron chi connectivity index (χ3n) is 7.39. The quantitative estimate of drug-likeness (QED) is 0.264. The largest absolute Gasteiger partial charge is 0.462 e. The van der Waals surface area contributed by atoms with Crippen molar-refractivity contribution in [1.29, 1.82) is 0 Å². The Labute approximate surface area is 235 Å². The molecule has 0 radical (unpaired) electrons. The van der Waals surface area contributed by atoms with Crippen LogP contribution in [0.1, 0.15) is 32.5 Å². The van der Waals surface area contributed by atoms with Crippen LogP contribution in [-0.4, -0.2) is 54.1 Å². The van der Waals surface area contributed by atoms with Crippen LogP contribution in [0, 0.1) is 0 Å². The molecule has 0 aliphatic carbocycles. The number of ether oxygens (including phenoxy) is 1. The maximum absolute atomic E-state index is 14.1. The van der Waals surface area contributed by atoms with Crippen LogP contribution in [0.5, 0.6) is 0 Å². The fourth-order valence-corrected chi connectivity index (χ4v) is 6.16. The van der Waals surface area contributed by atoms with E-state index in [0.717, 1.165) is 27.2 Å². The van der Waals surface area contributed by atoms with E-state index in [9.17, 15) is 14.4 Å². The number of thiophene rings is 1. The summed E-state index contributed by atoms with van der Waals surface area (Å²) in [6, 6.07) is 25.7. The molecule has 2 aromatic heterocycles. The van der Waals surface area contributed by atoms with Crippen LogP contribution < -0.4 is 10.5 Å². The monoisotopic (exact) mass is 551 g/mol. The second-order valence-electron chi connectivity index (χ2n) is 9.79. The number of amides is 1. The Morgan fingerprint density at radius 3 is 2.38 bits per heavy atom. The molecule has 1 aliphatic rings. The number of hydrogen-bond acceptors (Lipinski definition) is 6. The van der Waals surface area contributed by atoms with E-state index in [1.165, 1.54) is 11.3 Å². The van der Waals surface area contributed by atoms with Gasteiger partial charge in [-0.15, -0.1) is 11.3 Å². The number of anilines is 1. The van der Waals surface area contributed by atoms with Gasteiger partial charge in [0, 0.05) is 31.6 Å². The first-order valence-electron chi connectivity index (χ1n) is 13.4. The Morgan fingerprint density at radius 1 is 0.875 bits per heavy atom. The molecular formula is C32H29N3O4S. The summed E-state index contributed by atoms with van der Waals surface area (Å²) in [6.07, 6.45) is 0. The van der Waals surface area contributed by atoms with Crippen LogP contribution in [-0.2, 0) is 11.3 Å². The molecule has 1 fully saturated rings. The van der Waals surface area contributed by atoms with Crippen molar-refractivity contribution in [2.75, 3.05) is 37.7 Å². The fourth-order valence-electron chi connectivity index (χ4n) is 5.47. The van der Waals surface area contributed by atoms with Crippen molar-refractivity contribution >= 4 is 50.6 Å². The minimum atomic E-state index is -0.627. The van der Waals surface area contributed by atoms with Crippen molar-refractivity contribution < 1.29 is 14.3 Å². The molecule has 0 saturated carbocycles. The highest BCUT2D eigenvalue weighted by Crippen LogP contribution is 2.31. The molecule has 8 heteroatoms. The van der Waals surface area contributed by atoms with Crippen molar-refractivity contribution in [2.24, 2.45) is 0 Å².